The largest absolute Gasteiger partial charge is 0.356 e. The van der Waals surface area contributed by atoms with Crippen molar-refractivity contribution in [2.24, 2.45) is 4.99 Å². The summed E-state index contributed by atoms with van der Waals surface area (Å²) in [5, 5.41) is 6.49. The minimum Gasteiger partial charge on any atom is -0.356 e. The highest BCUT2D eigenvalue weighted by molar-refractivity contribution is 5.79. The standard InChI is InChI=1S/C18H22FN3/c1-14(16-8-4-3-5-9-16)12-21-18(20-2)22-13-15-7-6-10-17(19)11-15/h3-11,14H,12-13H2,1-2H3,(H2,20,21,22). The van der Waals surface area contributed by atoms with E-state index in [1.54, 1.807) is 13.1 Å². The van der Waals surface area contributed by atoms with Crippen LogP contribution >= 0.6 is 0 Å². The third kappa shape index (κ3) is 4.88. The Hall–Kier alpha value is -2.36. The van der Waals surface area contributed by atoms with E-state index in [0.717, 1.165) is 12.1 Å². The van der Waals surface area contributed by atoms with E-state index in [9.17, 15) is 4.39 Å². The van der Waals surface area contributed by atoms with E-state index in [1.807, 2.05) is 24.3 Å². The molecule has 0 heterocycles. The Morgan fingerprint density at radius 1 is 1.09 bits per heavy atom. The molecule has 0 aliphatic carbocycles. The quantitative estimate of drug-likeness (QED) is 0.656. The normalized spacial score (nSPS) is 12.8. The third-order valence-corrected chi connectivity index (χ3v) is 3.52. The summed E-state index contributed by atoms with van der Waals surface area (Å²) in [6, 6.07) is 16.9. The molecule has 1 unspecified atom stereocenters. The first-order chi connectivity index (χ1) is 10.7. The molecule has 2 N–H and O–H groups in total. The molecule has 116 valence electrons. The number of rotatable bonds is 5. The van der Waals surface area contributed by atoms with Gasteiger partial charge in [0, 0.05) is 20.1 Å². The first-order valence-corrected chi connectivity index (χ1v) is 7.43. The zero-order valence-electron chi connectivity index (χ0n) is 13.0. The maximum absolute atomic E-state index is 13.1. The van der Waals surface area contributed by atoms with Crippen molar-refractivity contribution >= 4 is 5.96 Å². The van der Waals surface area contributed by atoms with Crippen molar-refractivity contribution in [2.45, 2.75) is 19.4 Å². The first-order valence-electron chi connectivity index (χ1n) is 7.43. The number of guanidine groups is 1. The smallest absolute Gasteiger partial charge is 0.191 e. The molecule has 4 heteroatoms. The molecule has 3 nitrogen and oxygen atoms in total. The predicted octanol–water partition coefficient (Wildman–Crippen LogP) is 3.29. The van der Waals surface area contributed by atoms with E-state index >= 15 is 0 Å². The summed E-state index contributed by atoms with van der Waals surface area (Å²) in [5.41, 5.74) is 2.18. The Morgan fingerprint density at radius 3 is 2.55 bits per heavy atom. The molecule has 0 aromatic heterocycles. The van der Waals surface area contributed by atoms with Gasteiger partial charge in [0.15, 0.2) is 5.96 Å². The van der Waals surface area contributed by atoms with E-state index in [4.69, 9.17) is 0 Å². The second kappa shape index (κ2) is 8.17. The van der Waals surface area contributed by atoms with E-state index in [1.165, 1.54) is 17.7 Å². The maximum Gasteiger partial charge on any atom is 0.191 e. The Balaban J connectivity index is 1.83. The molecule has 0 amide bonds. The summed E-state index contributed by atoms with van der Waals surface area (Å²) < 4.78 is 13.1. The second-order valence-corrected chi connectivity index (χ2v) is 5.25. The van der Waals surface area contributed by atoms with Crippen LogP contribution < -0.4 is 10.6 Å². The summed E-state index contributed by atoms with van der Waals surface area (Å²) in [6.07, 6.45) is 0. The van der Waals surface area contributed by atoms with Gasteiger partial charge >= 0.3 is 0 Å². The topological polar surface area (TPSA) is 36.4 Å². The van der Waals surface area contributed by atoms with E-state index < -0.39 is 0 Å². The van der Waals surface area contributed by atoms with Crippen LogP contribution in [-0.2, 0) is 6.54 Å². The van der Waals surface area contributed by atoms with Gasteiger partial charge in [-0.2, -0.15) is 0 Å². The minimum absolute atomic E-state index is 0.222. The van der Waals surface area contributed by atoms with E-state index in [0.29, 0.717) is 18.4 Å². The SMILES string of the molecule is CN=C(NCc1cccc(F)c1)NCC(C)c1ccccc1. The number of nitrogens with zero attached hydrogens (tertiary/aromatic N) is 1. The van der Waals surface area contributed by atoms with Gasteiger partial charge in [-0.15, -0.1) is 0 Å². The minimum atomic E-state index is -0.222. The molecule has 0 spiro atoms. The zero-order valence-corrected chi connectivity index (χ0v) is 13.0. The van der Waals surface area contributed by atoms with Crippen molar-refractivity contribution in [3.8, 4) is 0 Å². The molecule has 2 aromatic carbocycles. The summed E-state index contributed by atoms with van der Waals surface area (Å²) >= 11 is 0. The van der Waals surface area contributed by atoms with Crippen LogP contribution in [-0.4, -0.2) is 19.6 Å². The lowest BCUT2D eigenvalue weighted by molar-refractivity contribution is 0.624. The van der Waals surface area contributed by atoms with Crippen LogP contribution in [0.1, 0.15) is 24.0 Å². The highest BCUT2D eigenvalue weighted by Gasteiger charge is 2.06. The average Bonchev–Trinajstić information content (AvgIpc) is 2.55. The van der Waals surface area contributed by atoms with Gasteiger partial charge in [-0.1, -0.05) is 49.4 Å². The zero-order chi connectivity index (χ0) is 15.8. The van der Waals surface area contributed by atoms with Gasteiger partial charge in [0.1, 0.15) is 5.82 Å². The van der Waals surface area contributed by atoms with Crippen molar-refractivity contribution in [1.29, 1.82) is 0 Å². The first kappa shape index (κ1) is 16.0. The van der Waals surface area contributed by atoms with Crippen LogP contribution in [0.4, 0.5) is 4.39 Å². The molecule has 0 bridgehead atoms. The molecule has 2 aromatic rings. The van der Waals surface area contributed by atoms with Gasteiger partial charge in [-0.3, -0.25) is 4.99 Å². The van der Waals surface area contributed by atoms with Crippen LogP contribution in [0.2, 0.25) is 0 Å². The summed E-state index contributed by atoms with van der Waals surface area (Å²) in [7, 11) is 1.73. The van der Waals surface area contributed by atoms with Gasteiger partial charge < -0.3 is 10.6 Å². The predicted molar refractivity (Wildman–Crippen MR) is 89.5 cm³/mol. The molecule has 2 rings (SSSR count). The van der Waals surface area contributed by atoms with E-state index in [2.05, 4.69) is 34.7 Å². The fourth-order valence-electron chi connectivity index (χ4n) is 2.20. The molecule has 0 aliphatic heterocycles. The van der Waals surface area contributed by atoms with Gasteiger partial charge in [-0.25, -0.2) is 4.39 Å². The number of hydrogen-bond donors (Lipinski definition) is 2. The fraction of sp³-hybridized carbons (Fsp3) is 0.278. The van der Waals surface area contributed by atoms with Crippen LogP contribution in [0, 0.1) is 5.82 Å². The number of aliphatic imine (C=N–C) groups is 1. The van der Waals surface area contributed by atoms with Gasteiger partial charge in [0.25, 0.3) is 0 Å². The Morgan fingerprint density at radius 2 is 1.86 bits per heavy atom. The fourth-order valence-corrected chi connectivity index (χ4v) is 2.20. The Kier molecular flexibility index (Phi) is 5.95. The summed E-state index contributed by atoms with van der Waals surface area (Å²) in [6.45, 7) is 3.49. The van der Waals surface area contributed by atoms with Gasteiger partial charge in [0.05, 0.1) is 0 Å². The van der Waals surface area contributed by atoms with Crippen molar-refractivity contribution in [3.05, 3.63) is 71.5 Å². The lowest BCUT2D eigenvalue weighted by Gasteiger charge is -2.16. The average molecular weight is 299 g/mol. The molecule has 1 atom stereocenters. The van der Waals surface area contributed by atoms with Crippen molar-refractivity contribution in [1.82, 2.24) is 10.6 Å². The monoisotopic (exact) mass is 299 g/mol. The van der Waals surface area contributed by atoms with Gasteiger partial charge in [0.2, 0.25) is 0 Å². The summed E-state index contributed by atoms with van der Waals surface area (Å²) in [5.74, 6) is 0.876. The molecular weight excluding hydrogens is 277 g/mol. The molecule has 22 heavy (non-hydrogen) atoms. The maximum atomic E-state index is 13.1. The van der Waals surface area contributed by atoms with E-state index in [-0.39, 0.29) is 5.82 Å². The molecular formula is C18H22FN3. The van der Waals surface area contributed by atoms with Gasteiger partial charge in [-0.05, 0) is 29.2 Å². The summed E-state index contributed by atoms with van der Waals surface area (Å²) in [4.78, 5) is 4.19. The molecule has 0 fully saturated rings. The third-order valence-electron chi connectivity index (χ3n) is 3.52. The number of benzene rings is 2. The highest BCUT2D eigenvalue weighted by atomic mass is 19.1. The molecule has 0 saturated carbocycles. The molecule has 0 saturated heterocycles. The lowest BCUT2D eigenvalue weighted by Crippen LogP contribution is -2.38. The van der Waals surface area contributed by atoms with Crippen LogP contribution in [0.25, 0.3) is 0 Å². The van der Waals surface area contributed by atoms with Crippen LogP contribution in [0.5, 0.6) is 0 Å². The number of halogens is 1. The van der Waals surface area contributed by atoms with Crippen molar-refractivity contribution < 1.29 is 4.39 Å². The molecule has 0 radical (unpaired) electrons. The molecule has 0 aliphatic rings. The van der Waals surface area contributed by atoms with Crippen LogP contribution in [0.15, 0.2) is 59.6 Å². The number of nitrogens with one attached hydrogen (secondary N) is 2. The Bertz CT molecular complexity index is 611. The van der Waals surface area contributed by atoms with Crippen molar-refractivity contribution in [2.75, 3.05) is 13.6 Å². The highest BCUT2D eigenvalue weighted by Crippen LogP contribution is 2.12. The number of hydrogen-bond acceptors (Lipinski definition) is 1. The second-order valence-electron chi connectivity index (χ2n) is 5.25. The Labute approximate surface area is 131 Å². The van der Waals surface area contributed by atoms with Crippen LogP contribution in [0.3, 0.4) is 0 Å². The lowest BCUT2D eigenvalue weighted by atomic mass is 10.0. The van der Waals surface area contributed by atoms with Crippen molar-refractivity contribution in [3.63, 3.8) is 0 Å².